The number of rotatable bonds is 5. The van der Waals surface area contributed by atoms with E-state index in [1.807, 2.05) is 49.4 Å². The molecule has 7 heteroatoms. The van der Waals surface area contributed by atoms with E-state index in [2.05, 4.69) is 0 Å². The van der Waals surface area contributed by atoms with Gasteiger partial charge < -0.3 is 25.2 Å². The number of benzene rings is 2. The SMILES string of the molecule is Cc1ccc2c(c1O)C[C@@H](C1CCN(OC(=O)OCc3ccccc3)CC1)O[C@H]2CN. The van der Waals surface area contributed by atoms with Crippen molar-refractivity contribution in [1.82, 2.24) is 5.06 Å². The molecule has 3 N–H and O–H groups in total. The molecular formula is C24H30N2O5. The van der Waals surface area contributed by atoms with Crippen molar-refractivity contribution in [2.75, 3.05) is 19.6 Å². The zero-order chi connectivity index (χ0) is 21.8. The molecule has 4 rings (SSSR count). The number of carbonyl (C=O) groups is 1. The number of fused-ring (bicyclic) bond motifs is 1. The monoisotopic (exact) mass is 426 g/mol. The number of nitrogens with two attached hydrogens (primary N) is 1. The second-order valence-corrected chi connectivity index (χ2v) is 8.28. The van der Waals surface area contributed by atoms with Gasteiger partial charge in [0.1, 0.15) is 12.4 Å². The molecule has 0 aliphatic carbocycles. The van der Waals surface area contributed by atoms with E-state index in [0.717, 1.165) is 35.1 Å². The lowest BCUT2D eigenvalue weighted by molar-refractivity contribution is -0.156. The van der Waals surface area contributed by atoms with Crippen LogP contribution in [-0.4, -0.2) is 42.1 Å². The number of piperidine rings is 1. The number of phenols is 1. The Hall–Kier alpha value is -2.61. The van der Waals surface area contributed by atoms with Crippen molar-refractivity contribution < 1.29 is 24.2 Å². The van der Waals surface area contributed by atoms with E-state index in [1.54, 1.807) is 5.06 Å². The topological polar surface area (TPSA) is 94.2 Å². The highest BCUT2D eigenvalue weighted by Gasteiger charge is 2.36. The Morgan fingerprint density at radius 2 is 1.94 bits per heavy atom. The number of aryl methyl sites for hydroxylation is 1. The van der Waals surface area contributed by atoms with Crippen molar-refractivity contribution in [1.29, 1.82) is 0 Å². The van der Waals surface area contributed by atoms with Gasteiger partial charge in [0.15, 0.2) is 0 Å². The van der Waals surface area contributed by atoms with Crippen LogP contribution in [0.5, 0.6) is 5.75 Å². The summed E-state index contributed by atoms with van der Waals surface area (Å²) in [4.78, 5) is 17.4. The van der Waals surface area contributed by atoms with E-state index in [0.29, 0.717) is 37.7 Å². The highest BCUT2D eigenvalue weighted by Crippen LogP contribution is 2.40. The maximum atomic E-state index is 12.0. The summed E-state index contributed by atoms with van der Waals surface area (Å²) in [5.74, 6) is 0.661. The van der Waals surface area contributed by atoms with Gasteiger partial charge in [0, 0.05) is 31.6 Å². The summed E-state index contributed by atoms with van der Waals surface area (Å²) < 4.78 is 11.5. The highest BCUT2D eigenvalue weighted by atomic mass is 16.8. The maximum Gasteiger partial charge on any atom is 0.528 e. The van der Waals surface area contributed by atoms with Crippen molar-refractivity contribution >= 4 is 6.16 Å². The lowest BCUT2D eigenvalue weighted by Crippen LogP contribution is -2.42. The van der Waals surface area contributed by atoms with Crippen molar-refractivity contribution in [2.45, 2.75) is 45.0 Å². The predicted octanol–water partition coefficient (Wildman–Crippen LogP) is 3.62. The van der Waals surface area contributed by atoms with Gasteiger partial charge in [-0.1, -0.05) is 42.5 Å². The molecule has 0 radical (unpaired) electrons. The number of carbonyl (C=O) groups excluding carboxylic acids is 1. The summed E-state index contributed by atoms with van der Waals surface area (Å²) >= 11 is 0. The van der Waals surface area contributed by atoms with Crippen LogP contribution in [0, 0.1) is 12.8 Å². The van der Waals surface area contributed by atoms with Crippen LogP contribution in [-0.2, 0) is 27.3 Å². The molecule has 166 valence electrons. The van der Waals surface area contributed by atoms with E-state index < -0.39 is 6.16 Å². The molecule has 31 heavy (non-hydrogen) atoms. The third-order valence-corrected chi connectivity index (χ3v) is 6.25. The van der Waals surface area contributed by atoms with Gasteiger partial charge >= 0.3 is 6.16 Å². The Morgan fingerprint density at radius 1 is 1.19 bits per heavy atom. The molecule has 0 spiro atoms. The summed E-state index contributed by atoms with van der Waals surface area (Å²) in [7, 11) is 0. The Morgan fingerprint density at radius 3 is 2.65 bits per heavy atom. The first-order valence-electron chi connectivity index (χ1n) is 10.9. The molecule has 2 aliphatic rings. The van der Waals surface area contributed by atoms with Gasteiger partial charge in [-0.15, -0.1) is 5.06 Å². The first-order chi connectivity index (χ1) is 15.0. The van der Waals surface area contributed by atoms with Crippen LogP contribution in [0.3, 0.4) is 0 Å². The zero-order valence-corrected chi connectivity index (χ0v) is 17.8. The lowest BCUT2D eigenvalue weighted by atomic mass is 9.83. The van der Waals surface area contributed by atoms with Crippen molar-refractivity contribution in [2.24, 2.45) is 11.7 Å². The fourth-order valence-electron chi connectivity index (χ4n) is 4.47. The number of aromatic hydroxyl groups is 1. The van der Waals surface area contributed by atoms with Gasteiger partial charge in [0.2, 0.25) is 0 Å². The maximum absolute atomic E-state index is 12.0. The van der Waals surface area contributed by atoms with Crippen LogP contribution in [0.1, 0.15) is 41.2 Å². The molecule has 2 aliphatic heterocycles. The van der Waals surface area contributed by atoms with Gasteiger partial charge in [-0.05, 0) is 42.4 Å². The Kier molecular flexibility index (Phi) is 6.75. The smallest absolute Gasteiger partial charge is 0.507 e. The lowest BCUT2D eigenvalue weighted by Gasteiger charge is -2.39. The molecule has 2 heterocycles. The van der Waals surface area contributed by atoms with Crippen molar-refractivity contribution in [3.05, 3.63) is 64.7 Å². The molecule has 2 atom stereocenters. The second-order valence-electron chi connectivity index (χ2n) is 8.28. The van der Waals surface area contributed by atoms with E-state index in [1.165, 1.54) is 0 Å². The van der Waals surface area contributed by atoms with Gasteiger partial charge in [0.25, 0.3) is 0 Å². The third-order valence-electron chi connectivity index (χ3n) is 6.25. The minimum Gasteiger partial charge on any atom is -0.507 e. The van der Waals surface area contributed by atoms with Crippen molar-refractivity contribution in [3.8, 4) is 5.75 Å². The summed E-state index contributed by atoms with van der Waals surface area (Å²) in [5, 5.41) is 12.2. The third kappa shape index (κ3) is 5.01. The standard InChI is InChI=1S/C24H30N2O5/c1-16-7-8-19-20(23(16)27)13-21(30-22(19)14-25)18-9-11-26(12-10-18)31-24(28)29-15-17-5-3-2-4-6-17/h2-8,18,21-22,27H,9-15,25H2,1H3/t21-,22-/m0/s1. The molecule has 0 bridgehead atoms. The van der Waals surface area contributed by atoms with Crippen LogP contribution < -0.4 is 5.73 Å². The van der Waals surface area contributed by atoms with Gasteiger partial charge in [-0.3, -0.25) is 0 Å². The second kappa shape index (κ2) is 9.68. The summed E-state index contributed by atoms with van der Waals surface area (Å²) in [5.41, 5.74) is 9.69. The van der Waals surface area contributed by atoms with Crippen LogP contribution in [0.25, 0.3) is 0 Å². The highest BCUT2D eigenvalue weighted by molar-refractivity contribution is 5.59. The molecular weight excluding hydrogens is 396 g/mol. The number of hydroxylamine groups is 2. The minimum atomic E-state index is -0.686. The van der Waals surface area contributed by atoms with Gasteiger partial charge in [-0.2, -0.15) is 0 Å². The fourth-order valence-corrected chi connectivity index (χ4v) is 4.47. The minimum absolute atomic E-state index is 0.0130. The molecule has 7 nitrogen and oxygen atoms in total. The van der Waals surface area contributed by atoms with E-state index in [9.17, 15) is 9.90 Å². The van der Waals surface area contributed by atoms with E-state index >= 15 is 0 Å². The van der Waals surface area contributed by atoms with Crippen LogP contribution in [0.15, 0.2) is 42.5 Å². The van der Waals surface area contributed by atoms with Crippen LogP contribution >= 0.6 is 0 Å². The molecule has 0 unspecified atom stereocenters. The Bertz CT molecular complexity index is 896. The first-order valence-corrected chi connectivity index (χ1v) is 10.9. The van der Waals surface area contributed by atoms with Gasteiger partial charge in [0.05, 0.1) is 12.2 Å². The zero-order valence-electron chi connectivity index (χ0n) is 17.8. The summed E-state index contributed by atoms with van der Waals surface area (Å²) in [6.07, 6.45) is 1.42. The average Bonchev–Trinajstić information content (AvgIpc) is 2.81. The number of nitrogens with zero attached hydrogens (tertiary/aromatic N) is 1. The largest absolute Gasteiger partial charge is 0.528 e. The number of hydrogen-bond acceptors (Lipinski definition) is 7. The summed E-state index contributed by atoms with van der Waals surface area (Å²) in [6.45, 7) is 3.70. The number of ether oxygens (including phenoxy) is 2. The molecule has 2 aromatic rings. The Balaban J connectivity index is 1.29. The van der Waals surface area contributed by atoms with Crippen molar-refractivity contribution in [3.63, 3.8) is 0 Å². The summed E-state index contributed by atoms with van der Waals surface area (Å²) in [6, 6.07) is 13.4. The van der Waals surface area contributed by atoms with Gasteiger partial charge in [-0.25, -0.2) is 4.79 Å². The molecule has 0 aromatic heterocycles. The Labute approximate surface area is 182 Å². The average molecular weight is 427 g/mol. The number of phenolic OH excluding ortho intramolecular Hbond substituents is 1. The van der Waals surface area contributed by atoms with E-state index in [4.69, 9.17) is 20.0 Å². The molecule has 2 aromatic carbocycles. The molecule has 1 fully saturated rings. The van der Waals surface area contributed by atoms with E-state index in [-0.39, 0.29) is 18.8 Å². The predicted molar refractivity (Wildman–Crippen MR) is 115 cm³/mol. The fraction of sp³-hybridized carbons (Fsp3) is 0.458. The number of hydrogen-bond donors (Lipinski definition) is 2. The molecule has 0 amide bonds. The molecule has 1 saturated heterocycles. The van der Waals surface area contributed by atoms with Crippen LogP contribution in [0.2, 0.25) is 0 Å². The normalized spacial score (nSPS) is 22.0. The molecule has 0 saturated carbocycles. The van der Waals surface area contributed by atoms with Crippen LogP contribution in [0.4, 0.5) is 4.79 Å². The quantitative estimate of drug-likeness (QED) is 0.705. The first kappa shape index (κ1) is 21.6.